The number of carbonyl (C=O) groups is 2. The van der Waals surface area contributed by atoms with Crippen LogP contribution in [0.25, 0.3) is 22.0 Å². The van der Waals surface area contributed by atoms with E-state index in [1.54, 1.807) is 36.9 Å². The highest BCUT2D eigenvalue weighted by Gasteiger charge is 2.33. The summed E-state index contributed by atoms with van der Waals surface area (Å²) in [5, 5.41) is 14.3. The van der Waals surface area contributed by atoms with E-state index in [0.29, 0.717) is 55.6 Å². The molecule has 0 saturated heterocycles. The largest absolute Gasteiger partial charge is 0.433 e. The summed E-state index contributed by atoms with van der Waals surface area (Å²) >= 11 is 7.14. The molecule has 12 nitrogen and oxygen atoms in total. The average molecular weight is 1090 g/mol. The summed E-state index contributed by atoms with van der Waals surface area (Å²) < 4.78 is 44.1. The quantitative estimate of drug-likeness (QED) is 0.0424. The van der Waals surface area contributed by atoms with Gasteiger partial charge in [-0.3, -0.25) is 9.59 Å². The molecule has 0 radical (unpaired) electrons. The molecule has 5 aromatic heterocycles. The Kier molecular flexibility index (Phi) is 16.8. The Labute approximate surface area is 446 Å². The molecule has 9 aromatic rings. The van der Waals surface area contributed by atoms with Crippen molar-refractivity contribution in [1.29, 1.82) is 0 Å². The predicted octanol–water partition coefficient (Wildman–Crippen LogP) is 13.8. The summed E-state index contributed by atoms with van der Waals surface area (Å²) in [5.74, 6) is 1.17. The molecule has 5 heterocycles. The Morgan fingerprint density at radius 3 is 1.88 bits per heavy atom. The highest BCUT2D eigenvalue weighted by molar-refractivity contribution is 8.01. The molecule has 0 aliphatic carbocycles. The number of aryl methyl sites for hydroxylation is 2. The average Bonchev–Trinajstić information content (AvgIpc) is 4.05. The summed E-state index contributed by atoms with van der Waals surface area (Å²) in [4.78, 5) is 52.8. The van der Waals surface area contributed by atoms with Crippen molar-refractivity contribution >= 4 is 108 Å². The van der Waals surface area contributed by atoms with Crippen LogP contribution in [0.15, 0.2) is 169 Å². The zero-order valence-electron chi connectivity index (χ0n) is 40.1. The standard InChI is InChI=1S/C54H47F3N10O2S5/c1-33-13-17-38(27-40(33)50(68)59-22-9-24-67(3)37-10-5-4-6-11-37)71-49-32-63-53(74-49)66-47-20-16-36(30-61-47)35-15-19-43-42(26-35)44(29-45(64-43)54(55,56)57)70-25-23-60-51(69)41-28-39(18-14-34(41)2)72-48-31-62-52(73-48)65-46-12-7-8-21-58-46/h4-8,10-21,26-32H,9,22-25H2,1-3H3,(H,59,68)(H,60,69)(H,58,62,65)(H,61,63,66). The van der Waals surface area contributed by atoms with Gasteiger partial charge in [0.1, 0.15) is 17.3 Å². The number of aromatic nitrogens is 5. The van der Waals surface area contributed by atoms with Crippen LogP contribution in [-0.4, -0.2) is 69.2 Å². The number of carbonyl (C=O) groups excluding carboxylic acids is 2. The second-order valence-electron chi connectivity index (χ2n) is 16.7. The summed E-state index contributed by atoms with van der Waals surface area (Å²) in [6, 6.07) is 37.1. The Morgan fingerprint density at radius 2 is 1.27 bits per heavy atom. The molecule has 0 spiro atoms. The lowest BCUT2D eigenvalue weighted by atomic mass is 10.0. The zero-order chi connectivity index (χ0) is 51.6. The van der Waals surface area contributed by atoms with Gasteiger partial charge < -0.3 is 26.2 Å². The van der Waals surface area contributed by atoms with E-state index in [-0.39, 0.29) is 23.9 Å². The minimum Gasteiger partial charge on any atom is -0.375 e. The number of anilines is 5. The number of fused-ring (bicyclic) bond motifs is 1. The van der Waals surface area contributed by atoms with E-state index in [4.69, 9.17) is 0 Å². The van der Waals surface area contributed by atoms with Crippen LogP contribution in [0.1, 0.15) is 44.0 Å². The van der Waals surface area contributed by atoms with Crippen LogP contribution in [-0.2, 0) is 6.18 Å². The number of benzene rings is 4. The predicted molar refractivity (Wildman–Crippen MR) is 295 cm³/mol. The molecule has 2 amide bonds. The molecular weight excluding hydrogens is 1040 g/mol. The van der Waals surface area contributed by atoms with Gasteiger partial charge in [0.25, 0.3) is 11.8 Å². The summed E-state index contributed by atoms with van der Waals surface area (Å²) in [5.41, 5.74) is 4.67. The van der Waals surface area contributed by atoms with Crippen molar-refractivity contribution in [3.63, 3.8) is 0 Å². The van der Waals surface area contributed by atoms with E-state index >= 15 is 0 Å². The van der Waals surface area contributed by atoms with Gasteiger partial charge >= 0.3 is 6.18 Å². The number of para-hydroxylation sites is 1. The zero-order valence-corrected chi connectivity index (χ0v) is 44.1. The summed E-state index contributed by atoms with van der Waals surface area (Å²) in [6.45, 7) is 5.37. The fourth-order valence-corrected chi connectivity index (χ4v) is 12.3. The van der Waals surface area contributed by atoms with Crippen LogP contribution in [0, 0.1) is 13.8 Å². The number of alkyl halides is 3. The fourth-order valence-electron chi connectivity index (χ4n) is 7.56. The van der Waals surface area contributed by atoms with E-state index < -0.39 is 11.9 Å². The third kappa shape index (κ3) is 13.6. The van der Waals surface area contributed by atoms with E-state index in [1.165, 1.54) is 58.0 Å². The smallest absolute Gasteiger partial charge is 0.375 e. The van der Waals surface area contributed by atoms with Crippen LogP contribution in [0.2, 0.25) is 0 Å². The maximum Gasteiger partial charge on any atom is 0.433 e. The first-order valence-corrected chi connectivity index (χ1v) is 27.4. The molecule has 0 fully saturated rings. The van der Waals surface area contributed by atoms with Crippen molar-refractivity contribution in [3.05, 3.63) is 174 Å². The third-order valence-corrected chi connectivity index (χ3v) is 16.5. The highest BCUT2D eigenvalue weighted by Crippen LogP contribution is 2.39. The van der Waals surface area contributed by atoms with Gasteiger partial charge in [-0.25, -0.2) is 24.9 Å². The molecule has 0 aliphatic rings. The fraction of sp³-hybridized carbons (Fsp3) is 0.167. The molecule has 20 heteroatoms. The molecule has 376 valence electrons. The van der Waals surface area contributed by atoms with Gasteiger partial charge in [-0.1, -0.05) is 88.7 Å². The Balaban J connectivity index is 0.795. The van der Waals surface area contributed by atoms with E-state index in [0.717, 1.165) is 65.2 Å². The number of hydrogen-bond donors (Lipinski definition) is 4. The van der Waals surface area contributed by atoms with Crippen molar-refractivity contribution < 1.29 is 22.8 Å². The SMILES string of the molecule is Cc1ccc(Sc2cnc(Nc3ccc(-c4ccc5nc(C(F)(F)F)cc(SCCNC(=O)c6cc(Sc7cnc(Nc8ccccn8)s7)ccc6C)c5c4)cn3)s2)cc1C(=O)NCCCN(C)c1ccccc1. The Hall–Kier alpha value is -6.97. The lowest BCUT2D eigenvalue weighted by molar-refractivity contribution is -0.141. The first-order chi connectivity index (χ1) is 35.8. The van der Waals surface area contributed by atoms with Gasteiger partial charge in [0, 0.05) is 87.3 Å². The molecule has 0 saturated carbocycles. The van der Waals surface area contributed by atoms with Gasteiger partial charge in [0.15, 0.2) is 10.3 Å². The maximum atomic E-state index is 14.1. The molecular formula is C54H47F3N10O2S5. The van der Waals surface area contributed by atoms with Crippen molar-refractivity contribution in [2.45, 2.75) is 49.5 Å². The summed E-state index contributed by atoms with van der Waals surface area (Å²) in [6.07, 6.45) is 3.09. The number of thioether (sulfide) groups is 1. The maximum absolute atomic E-state index is 14.1. The van der Waals surface area contributed by atoms with Gasteiger partial charge in [-0.05, 0) is 116 Å². The van der Waals surface area contributed by atoms with E-state index in [1.807, 2.05) is 112 Å². The third-order valence-electron chi connectivity index (χ3n) is 11.4. The van der Waals surface area contributed by atoms with Crippen LogP contribution in [0.5, 0.6) is 0 Å². The molecule has 4 aromatic carbocycles. The van der Waals surface area contributed by atoms with Crippen molar-refractivity contribution in [1.82, 2.24) is 35.6 Å². The monoisotopic (exact) mass is 1080 g/mol. The van der Waals surface area contributed by atoms with Gasteiger partial charge in [-0.2, -0.15) is 13.2 Å². The minimum absolute atomic E-state index is 0.107. The van der Waals surface area contributed by atoms with Gasteiger partial charge in [0.2, 0.25) is 0 Å². The van der Waals surface area contributed by atoms with Crippen LogP contribution in [0.3, 0.4) is 0 Å². The number of nitrogens with zero attached hydrogens (tertiary/aromatic N) is 6. The first-order valence-electron chi connectivity index (χ1n) is 23.2. The topological polar surface area (TPSA) is 150 Å². The molecule has 0 aliphatic heterocycles. The Morgan fingerprint density at radius 1 is 0.649 bits per heavy atom. The number of rotatable bonds is 20. The van der Waals surface area contributed by atoms with Crippen molar-refractivity contribution in [3.8, 4) is 11.1 Å². The highest BCUT2D eigenvalue weighted by atomic mass is 32.2. The second kappa shape index (κ2) is 23.9. The number of pyridine rings is 3. The first kappa shape index (κ1) is 51.9. The normalized spacial score (nSPS) is 11.4. The van der Waals surface area contributed by atoms with E-state index in [2.05, 4.69) is 63.2 Å². The number of hydrogen-bond acceptors (Lipinski definition) is 15. The summed E-state index contributed by atoms with van der Waals surface area (Å²) in [7, 11) is 2.04. The lowest BCUT2D eigenvalue weighted by Crippen LogP contribution is -2.28. The Bertz CT molecular complexity index is 3400. The van der Waals surface area contributed by atoms with E-state index in [9.17, 15) is 22.8 Å². The number of halogens is 3. The second-order valence-corrected chi connectivity index (χ2v) is 22.7. The van der Waals surface area contributed by atoms with Gasteiger partial charge in [0.05, 0.1) is 26.3 Å². The number of nitrogens with one attached hydrogen (secondary N) is 4. The van der Waals surface area contributed by atoms with Crippen LogP contribution in [0.4, 0.5) is 40.8 Å². The minimum atomic E-state index is -4.65. The van der Waals surface area contributed by atoms with Crippen molar-refractivity contribution in [2.75, 3.05) is 48.0 Å². The molecule has 74 heavy (non-hydrogen) atoms. The molecule has 0 unspecified atom stereocenters. The number of amides is 2. The van der Waals surface area contributed by atoms with Crippen LogP contribution < -0.4 is 26.2 Å². The van der Waals surface area contributed by atoms with Gasteiger partial charge in [-0.15, -0.1) is 11.8 Å². The molecule has 9 rings (SSSR count). The molecule has 0 bridgehead atoms. The van der Waals surface area contributed by atoms with Crippen molar-refractivity contribution in [2.24, 2.45) is 0 Å². The molecule has 0 atom stereocenters. The molecule has 4 N–H and O–H groups in total. The lowest BCUT2D eigenvalue weighted by Gasteiger charge is -2.19. The van der Waals surface area contributed by atoms with Crippen LogP contribution >= 0.6 is 58.0 Å². The number of thiazole rings is 2.